The maximum Gasteiger partial charge on any atom is 0.315 e. The highest BCUT2D eigenvalue weighted by Gasteiger charge is 2.18. The summed E-state index contributed by atoms with van der Waals surface area (Å²) in [6.45, 7) is 0.602. The van der Waals surface area contributed by atoms with Gasteiger partial charge < -0.3 is 15.6 Å². The molecule has 136 valence electrons. The minimum absolute atomic E-state index is 0.133. The lowest BCUT2D eigenvalue weighted by Crippen LogP contribution is -2.39. The van der Waals surface area contributed by atoms with E-state index >= 15 is 0 Å². The SMILES string of the molecule is CSCC[C@H](NC(=O)NCCc1ccccc1)c1nc2ccccc2[nH]1. The first-order valence-electron chi connectivity index (χ1n) is 8.78. The van der Waals surface area contributed by atoms with Crippen molar-refractivity contribution >= 4 is 28.8 Å². The van der Waals surface area contributed by atoms with Crippen molar-refractivity contribution < 1.29 is 4.79 Å². The molecule has 0 spiro atoms. The number of H-pyrrole nitrogens is 1. The predicted octanol–water partition coefficient (Wildman–Crippen LogP) is 3.90. The van der Waals surface area contributed by atoms with Gasteiger partial charge in [-0.3, -0.25) is 0 Å². The van der Waals surface area contributed by atoms with E-state index in [9.17, 15) is 4.79 Å². The van der Waals surface area contributed by atoms with Crippen LogP contribution in [0.25, 0.3) is 11.0 Å². The van der Waals surface area contributed by atoms with Crippen LogP contribution < -0.4 is 10.6 Å². The number of nitrogens with one attached hydrogen (secondary N) is 3. The molecule has 0 aliphatic carbocycles. The van der Waals surface area contributed by atoms with Crippen molar-refractivity contribution in [2.24, 2.45) is 0 Å². The molecule has 0 fully saturated rings. The van der Waals surface area contributed by atoms with Crippen molar-refractivity contribution in [1.29, 1.82) is 0 Å². The number of aromatic amines is 1. The minimum Gasteiger partial charge on any atom is -0.340 e. The zero-order valence-electron chi connectivity index (χ0n) is 14.9. The van der Waals surface area contributed by atoms with Crippen LogP contribution in [0, 0.1) is 0 Å². The molecule has 5 nitrogen and oxygen atoms in total. The number of carbonyl (C=O) groups is 1. The van der Waals surface area contributed by atoms with Crippen LogP contribution in [-0.4, -0.2) is 34.6 Å². The molecule has 0 saturated heterocycles. The van der Waals surface area contributed by atoms with Gasteiger partial charge in [0.25, 0.3) is 0 Å². The number of hydrogen-bond donors (Lipinski definition) is 3. The zero-order valence-corrected chi connectivity index (χ0v) is 15.7. The van der Waals surface area contributed by atoms with Crippen molar-refractivity contribution in [2.45, 2.75) is 18.9 Å². The fourth-order valence-electron chi connectivity index (χ4n) is 2.82. The molecular formula is C20H24N4OS. The van der Waals surface area contributed by atoms with Gasteiger partial charge in [0, 0.05) is 6.54 Å². The third kappa shape index (κ3) is 5.02. The molecule has 3 rings (SSSR count). The average molecular weight is 369 g/mol. The molecule has 0 radical (unpaired) electrons. The van der Waals surface area contributed by atoms with Gasteiger partial charge in [-0.15, -0.1) is 0 Å². The maximum atomic E-state index is 12.3. The van der Waals surface area contributed by atoms with Gasteiger partial charge >= 0.3 is 6.03 Å². The fraction of sp³-hybridized carbons (Fsp3) is 0.300. The molecule has 26 heavy (non-hydrogen) atoms. The van der Waals surface area contributed by atoms with Crippen LogP contribution in [0.4, 0.5) is 4.79 Å². The van der Waals surface area contributed by atoms with E-state index < -0.39 is 0 Å². The Morgan fingerprint density at radius 1 is 1.15 bits per heavy atom. The lowest BCUT2D eigenvalue weighted by Gasteiger charge is -2.17. The first-order chi connectivity index (χ1) is 12.8. The highest BCUT2D eigenvalue weighted by Crippen LogP contribution is 2.19. The average Bonchev–Trinajstić information content (AvgIpc) is 3.10. The molecule has 6 heteroatoms. The molecule has 3 aromatic rings. The second-order valence-corrected chi connectivity index (χ2v) is 7.09. The van der Waals surface area contributed by atoms with Crippen LogP contribution in [0.5, 0.6) is 0 Å². The molecule has 1 heterocycles. The molecule has 0 aliphatic rings. The van der Waals surface area contributed by atoms with Crippen molar-refractivity contribution in [3.8, 4) is 0 Å². The van der Waals surface area contributed by atoms with Crippen LogP contribution in [0.2, 0.25) is 0 Å². The maximum absolute atomic E-state index is 12.3. The second-order valence-electron chi connectivity index (χ2n) is 6.11. The summed E-state index contributed by atoms with van der Waals surface area (Å²) in [6.07, 6.45) is 3.71. The summed E-state index contributed by atoms with van der Waals surface area (Å²) in [6, 6.07) is 17.8. The number of thioether (sulfide) groups is 1. The summed E-state index contributed by atoms with van der Waals surface area (Å²) in [5, 5.41) is 6.00. The number of fused-ring (bicyclic) bond motifs is 1. The largest absolute Gasteiger partial charge is 0.340 e. The highest BCUT2D eigenvalue weighted by molar-refractivity contribution is 7.98. The van der Waals surface area contributed by atoms with Crippen LogP contribution in [0.1, 0.15) is 23.9 Å². The van der Waals surface area contributed by atoms with E-state index in [1.54, 1.807) is 11.8 Å². The summed E-state index contributed by atoms with van der Waals surface area (Å²) in [4.78, 5) is 20.3. The second kappa shape index (κ2) is 9.29. The van der Waals surface area contributed by atoms with E-state index in [4.69, 9.17) is 0 Å². The summed E-state index contributed by atoms with van der Waals surface area (Å²) in [5.41, 5.74) is 3.12. The Morgan fingerprint density at radius 3 is 2.69 bits per heavy atom. The van der Waals surface area contributed by atoms with Gasteiger partial charge in [0.15, 0.2) is 0 Å². The Labute approximate surface area is 158 Å². The van der Waals surface area contributed by atoms with Gasteiger partial charge in [0.2, 0.25) is 0 Å². The zero-order chi connectivity index (χ0) is 18.2. The van der Waals surface area contributed by atoms with Crippen LogP contribution in [0.3, 0.4) is 0 Å². The van der Waals surface area contributed by atoms with E-state index in [0.717, 1.165) is 35.5 Å². The Bertz CT molecular complexity index is 801. The molecule has 0 bridgehead atoms. The van der Waals surface area contributed by atoms with Gasteiger partial charge in [-0.25, -0.2) is 9.78 Å². The number of amides is 2. The van der Waals surface area contributed by atoms with E-state index in [2.05, 4.69) is 39.0 Å². The normalized spacial score (nSPS) is 12.0. The lowest BCUT2D eigenvalue weighted by atomic mass is 10.1. The van der Waals surface area contributed by atoms with Crippen LogP contribution >= 0.6 is 11.8 Å². The van der Waals surface area contributed by atoms with Gasteiger partial charge in [-0.1, -0.05) is 42.5 Å². The predicted molar refractivity (Wildman–Crippen MR) is 109 cm³/mol. The van der Waals surface area contributed by atoms with Crippen molar-refractivity contribution in [3.05, 3.63) is 66.0 Å². The molecule has 2 aromatic carbocycles. The number of imidazole rings is 1. The monoisotopic (exact) mass is 368 g/mol. The van der Waals surface area contributed by atoms with Gasteiger partial charge in [-0.2, -0.15) is 11.8 Å². The van der Waals surface area contributed by atoms with Gasteiger partial charge in [0.05, 0.1) is 17.1 Å². The Hall–Kier alpha value is -2.47. The summed E-state index contributed by atoms with van der Waals surface area (Å²) < 4.78 is 0. The third-order valence-electron chi connectivity index (χ3n) is 4.20. The van der Waals surface area contributed by atoms with E-state index in [0.29, 0.717) is 6.54 Å². The van der Waals surface area contributed by atoms with Gasteiger partial charge in [-0.05, 0) is 42.5 Å². The molecule has 0 aliphatic heterocycles. The van der Waals surface area contributed by atoms with E-state index in [-0.39, 0.29) is 12.1 Å². The molecule has 3 N–H and O–H groups in total. The Kier molecular flexibility index (Phi) is 6.55. The van der Waals surface area contributed by atoms with E-state index in [1.165, 1.54) is 5.56 Å². The number of rotatable bonds is 8. The molecule has 1 atom stereocenters. The number of hydrogen-bond acceptors (Lipinski definition) is 3. The number of benzene rings is 2. The van der Waals surface area contributed by atoms with E-state index in [1.807, 2.05) is 42.5 Å². The van der Waals surface area contributed by atoms with Gasteiger partial charge in [0.1, 0.15) is 5.82 Å². The van der Waals surface area contributed by atoms with Crippen molar-refractivity contribution in [2.75, 3.05) is 18.6 Å². The molecule has 0 saturated carbocycles. The minimum atomic E-state index is -0.160. The topological polar surface area (TPSA) is 69.8 Å². The standard InChI is InChI=1S/C20H24N4OS/c1-26-14-12-18(19-22-16-9-5-6-10-17(16)23-19)24-20(25)21-13-11-15-7-3-2-4-8-15/h2-10,18H,11-14H2,1H3,(H,22,23)(H2,21,24,25)/t18-/m0/s1. The first kappa shape index (κ1) is 18.3. The smallest absolute Gasteiger partial charge is 0.315 e. The number of para-hydroxylation sites is 2. The Morgan fingerprint density at radius 2 is 1.92 bits per heavy atom. The lowest BCUT2D eigenvalue weighted by molar-refractivity contribution is 0.236. The fourth-order valence-corrected chi connectivity index (χ4v) is 3.30. The van der Waals surface area contributed by atoms with Crippen LogP contribution in [0.15, 0.2) is 54.6 Å². The molecule has 1 aromatic heterocycles. The summed E-state index contributed by atoms with van der Waals surface area (Å²) in [5.74, 6) is 1.75. The third-order valence-corrected chi connectivity index (χ3v) is 4.84. The molecule has 0 unspecified atom stereocenters. The number of nitrogens with zero attached hydrogens (tertiary/aromatic N) is 1. The number of urea groups is 1. The quantitative estimate of drug-likeness (QED) is 0.565. The molecular weight excluding hydrogens is 344 g/mol. The number of aromatic nitrogens is 2. The molecule has 2 amide bonds. The highest BCUT2D eigenvalue weighted by atomic mass is 32.2. The van der Waals surface area contributed by atoms with Crippen molar-refractivity contribution in [3.63, 3.8) is 0 Å². The summed E-state index contributed by atoms with van der Waals surface area (Å²) in [7, 11) is 0. The Balaban J connectivity index is 1.59. The number of carbonyl (C=O) groups excluding carboxylic acids is 1. The van der Waals surface area contributed by atoms with Crippen LogP contribution in [-0.2, 0) is 6.42 Å². The van der Waals surface area contributed by atoms with Crippen molar-refractivity contribution in [1.82, 2.24) is 20.6 Å². The summed E-state index contributed by atoms with van der Waals surface area (Å²) >= 11 is 1.76. The first-order valence-corrected chi connectivity index (χ1v) is 10.2.